The Morgan fingerprint density at radius 3 is 2.37 bits per heavy atom. The fourth-order valence-corrected chi connectivity index (χ4v) is 2.77. The molecule has 7 nitrogen and oxygen atoms in total. The van der Waals surface area contributed by atoms with E-state index in [0.717, 1.165) is 16.9 Å². The van der Waals surface area contributed by atoms with Gasteiger partial charge in [0.05, 0.1) is 13.3 Å². The molecule has 4 aromatic rings. The van der Waals surface area contributed by atoms with E-state index in [9.17, 15) is 4.79 Å². The minimum atomic E-state index is -0.518. The third kappa shape index (κ3) is 4.47. The van der Waals surface area contributed by atoms with Gasteiger partial charge in [-0.25, -0.2) is 14.8 Å². The van der Waals surface area contributed by atoms with Crippen molar-refractivity contribution in [2.45, 2.75) is 6.61 Å². The van der Waals surface area contributed by atoms with Crippen LogP contribution < -0.4 is 4.74 Å². The number of aromatic nitrogens is 4. The van der Waals surface area contributed by atoms with Gasteiger partial charge in [-0.1, -0.05) is 36.4 Å². The summed E-state index contributed by atoms with van der Waals surface area (Å²) in [5.74, 6) is 0.576. The lowest BCUT2D eigenvalue weighted by Crippen LogP contribution is -2.05. The third-order valence-electron chi connectivity index (χ3n) is 4.33. The van der Waals surface area contributed by atoms with Crippen molar-refractivity contribution < 1.29 is 14.3 Å². The van der Waals surface area contributed by atoms with Crippen LogP contribution in [0.3, 0.4) is 0 Å². The molecule has 0 radical (unpaired) electrons. The van der Waals surface area contributed by atoms with Crippen molar-refractivity contribution in [3.05, 3.63) is 90.3 Å². The number of rotatable bonds is 6. The predicted octanol–water partition coefficient (Wildman–Crippen LogP) is 3.97. The normalized spacial score (nSPS) is 10.4. The Morgan fingerprint density at radius 2 is 1.67 bits per heavy atom. The number of hydrogen-bond donors (Lipinski definition) is 0. The van der Waals surface area contributed by atoms with E-state index in [1.807, 2.05) is 54.6 Å². The van der Waals surface area contributed by atoms with Crippen LogP contribution in [0.25, 0.3) is 22.8 Å². The molecule has 0 saturated heterocycles. The van der Waals surface area contributed by atoms with Crippen LogP contribution in [0.4, 0.5) is 0 Å². The van der Waals surface area contributed by atoms with E-state index in [4.69, 9.17) is 4.74 Å². The monoisotopic (exact) mass is 398 g/mol. The summed E-state index contributed by atoms with van der Waals surface area (Å²) in [7, 11) is 1.31. The number of carbonyl (C=O) groups excluding carboxylic acids is 1. The first-order valence-electron chi connectivity index (χ1n) is 9.25. The number of methoxy groups -OCH3 is 1. The van der Waals surface area contributed by atoms with Crippen molar-refractivity contribution in [2.75, 3.05) is 7.11 Å². The first-order chi connectivity index (χ1) is 14.7. The standard InChI is InChI=1S/C23H18N4O3/c1-29-23(28)20-9-5-8-19(25-20)22-24-14-21(26-27-22)17-10-12-18(13-11-17)30-15-16-6-3-2-4-7-16/h2-14H,15H2,1H3. The van der Waals surface area contributed by atoms with E-state index in [2.05, 4.69) is 24.9 Å². The average Bonchev–Trinajstić information content (AvgIpc) is 2.83. The highest BCUT2D eigenvalue weighted by atomic mass is 16.5. The SMILES string of the molecule is COC(=O)c1cccc(-c2ncc(-c3ccc(OCc4ccccc4)cc3)nn2)n1. The number of ether oxygens (including phenoxy) is 2. The summed E-state index contributed by atoms with van der Waals surface area (Å²) in [5.41, 5.74) is 3.23. The zero-order valence-electron chi connectivity index (χ0n) is 16.2. The van der Waals surface area contributed by atoms with Crippen molar-refractivity contribution in [3.63, 3.8) is 0 Å². The first kappa shape index (κ1) is 19.2. The number of hydrogen-bond acceptors (Lipinski definition) is 7. The van der Waals surface area contributed by atoms with Crippen LogP contribution in [-0.2, 0) is 11.3 Å². The minimum absolute atomic E-state index is 0.189. The molecule has 0 aliphatic heterocycles. The number of nitrogens with zero attached hydrogens (tertiary/aromatic N) is 4. The Hall–Kier alpha value is -4.13. The second kappa shape index (κ2) is 8.91. The van der Waals surface area contributed by atoms with Gasteiger partial charge < -0.3 is 9.47 Å². The lowest BCUT2D eigenvalue weighted by Gasteiger charge is -2.07. The van der Waals surface area contributed by atoms with Crippen molar-refractivity contribution in [2.24, 2.45) is 0 Å². The van der Waals surface area contributed by atoms with E-state index in [-0.39, 0.29) is 5.69 Å². The molecule has 0 aliphatic rings. The fraction of sp³-hybridized carbons (Fsp3) is 0.0870. The summed E-state index contributed by atoms with van der Waals surface area (Å²) in [5, 5.41) is 8.38. The van der Waals surface area contributed by atoms with Crippen molar-refractivity contribution in [3.8, 4) is 28.5 Å². The van der Waals surface area contributed by atoms with Crippen LogP contribution in [0.2, 0.25) is 0 Å². The Labute approximate surface area is 173 Å². The Balaban J connectivity index is 1.46. The highest BCUT2D eigenvalue weighted by molar-refractivity contribution is 5.87. The quantitative estimate of drug-likeness (QED) is 0.454. The smallest absolute Gasteiger partial charge is 0.356 e. The van der Waals surface area contributed by atoms with E-state index in [0.29, 0.717) is 23.8 Å². The third-order valence-corrected chi connectivity index (χ3v) is 4.33. The molecule has 2 aromatic carbocycles. The van der Waals surface area contributed by atoms with Crippen LogP contribution in [0.5, 0.6) is 5.75 Å². The van der Waals surface area contributed by atoms with Gasteiger partial charge in [0, 0.05) is 5.56 Å². The highest BCUT2D eigenvalue weighted by Crippen LogP contribution is 2.21. The first-order valence-corrected chi connectivity index (χ1v) is 9.25. The summed E-state index contributed by atoms with van der Waals surface area (Å²) in [6, 6.07) is 22.5. The van der Waals surface area contributed by atoms with Gasteiger partial charge in [-0.15, -0.1) is 10.2 Å². The molecule has 2 heterocycles. The maximum atomic E-state index is 11.6. The van der Waals surface area contributed by atoms with Gasteiger partial charge in [-0.2, -0.15) is 0 Å². The van der Waals surface area contributed by atoms with Gasteiger partial charge in [0.15, 0.2) is 5.82 Å². The van der Waals surface area contributed by atoms with Gasteiger partial charge in [0.1, 0.15) is 29.4 Å². The van der Waals surface area contributed by atoms with Crippen molar-refractivity contribution in [1.82, 2.24) is 20.2 Å². The van der Waals surface area contributed by atoms with Crippen LogP contribution in [0.15, 0.2) is 79.0 Å². The number of pyridine rings is 1. The van der Waals surface area contributed by atoms with Gasteiger partial charge >= 0.3 is 5.97 Å². The highest BCUT2D eigenvalue weighted by Gasteiger charge is 2.11. The number of carbonyl (C=O) groups is 1. The molecular formula is C23H18N4O3. The van der Waals surface area contributed by atoms with E-state index >= 15 is 0 Å². The van der Waals surface area contributed by atoms with Crippen LogP contribution in [0.1, 0.15) is 16.1 Å². The molecule has 0 atom stereocenters. The molecule has 7 heteroatoms. The summed E-state index contributed by atoms with van der Waals surface area (Å²) in [6.45, 7) is 0.508. The zero-order valence-corrected chi connectivity index (χ0v) is 16.2. The molecule has 0 amide bonds. The lowest BCUT2D eigenvalue weighted by atomic mass is 10.1. The van der Waals surface area contributed by atoms with Crippen LogP contribution in [-0.4, -0.2) is 33.2 Å². The predicted molar refractivity (Wildman–Crippen MR) is 111 cm³/mol. The molecule has 2 aromatic heterocycles. The lowest BCUT2D eigenvalue weighted by molar-refractivity contribution is 0.0594. The van der Waals surface area contributed by atoms with Crippen molar-refractivity contribution in [1.29, 1.82) is 0 Å². The van der Waals surface area contributed by atoms with Crippen LogP contribution in [0, 0.1) is 0 Å². The van der Waals surface area contributed by atoms with Gasteiger partial charge in [0.2, 0.25) is 0 Å². The van der Waals surface area contributed by atoms with Crippen molar-refractivity contribution >= 4 is 5.97 Å². The zero-order chi connectivity index (χ0) is 20.8. The van der Waals surface area contributed by atoms with Gasteiger partial charge in [-0.05, 0) is 42.0 Å². The molecule has 0 unspecified atom stereocenters. The Morgan fingerprint density at radius 1 is 0.867 bits per heavy atom. The maximum absolute atomic E-state index is 11.6. The number of esters is 1. The molecule has 0 fully saturated rings. The Kier molecular flexibility index (Phi) is 5.70. The molecule has 0 N–H and O–H groups in total. The second-order valence-electron chi connectivity index (χ2n) is 6.37. The molecule has 30 heavy (non-hydrogen) atoms. The van der Waals surface area contributed by atoms with Gasteiger partial charge in [-0.3, -0.25) is 0 Å². The van der Waals surface area contributed by atoms with E-state index in [1.165, 1.54) is 7.11 Å². The van der Waals surface area contributed by atoms with Gasteiger partial charge in [0.25, 0.3) is 0 Å². The summed E-state index contributed by atoms with van der Waals surface area (Å²) >= 11 is 0. The number of benzene rings is 2. The Bertz CT molecular complexity index is 1130. The molecule has 0 aliphatic carbocycles. The van der Waals surface area contributed by atoms with E-state index < -0.39 is 5.97 Å². The summed E-state index contributed by atoms with van der Waals surface area (Å²) in [4.78, 5) is 20.2. The molecular weight excluding hydrogens is 380 g/mol. The van der Waals surface area contributed by atoms with Crippen LogP contribution >= 0.6 is 0 Å². The molecule has 0 bridgehead atoms. The summed E-state index contributed by atoms with van der Waals surface area (Å²) in [6.07, 6.45) is 1.62. The molecule has 0 saturated carbocycles. The topological polar surface area (TPSA) is 87.1 Å². The fourth-order valence-electron chi connectivity index (χ4n) is 2.77. The largest absolute Gasteiger partial charge is 0.489 e. The summed E-state index contributed by atoms with van der Waals surface area (Å²) < 4.78 is 10.5. The maximum Gasteiger partial charge on any atom is 0.356 e. The molecule has 148 valence electrons. The molecule has 0 spiro atoms. The second-order valence-corrected chi connectivity index (χ2v) is 6.37. The minimum Gasteiger partial charge on any atom is -0.489 e. The average molecular weight is 398 g/mol. The van der Waals surface area contributed by atoms with E-state index in [1.54, 1.807) is 24.4 Å². The molecule has 4 rings (SSSR count).